The van der Waals surface area contributed by atoms with Gasteiger partial charge in [-0.2, -0.15) is 0 Å². The van der Waals surface area contributed by atoms with Gasteiger partial charge in [-0.3, -0.25) is 0 Å². The van der Waals surface area contributed by atoms with Crippen molar-refractivity contribution in [3.05, 3.63) is 0 Å². The smallest absolute Gasteiger partial charge is 0.377 e. The SMILES string of the molecule is CO[Si](OC)(OC)C(C)(C)C(C)(C)C(C)(C)C. The molecule has 0 aromatic carbocycles. The minimum atomic E-state index is -2.69. The van der Waals surface area contributed by atoms with Gasteiger partial charge in [0.2, 0.25) is 0 Å². The van der Waals surface area contributed by atoms with Gasteiger partial charge >= 0.3 is 8.80 Å². The van der Waals surface area contributed by atoms with E-state index in [4.69, 9.17) is 13.3 Å². The summed E-state index contributed by atoms with van der Waals surface area (Å²) in [4.78, 5) is 0. The first-order valence-electron chi connectivity index (χ1n) is 6.09. The van der Waals surface area contributed by atoms with Crippen molar-refractivity contribution < 1.29 is 13.3 Å². The largest absolute Gasteiger partial charge is 0.506 e. The fourth-order valence-corrected chi connectivity index (χ4v) is 5.51. The average molecular weight is 262 g/mol. The van der Waals surface area contributed by atoms with Gasteiger partial charge in [0.1, 0.15) is 0 Å². The summed E-state index contributed by atoms with van der Waals surface area (Å²) in [5, 5.41) is -0.184. The summed E-state index contributed by atoms with van der Waals surface area (Å²) in [5.74, 6) is 0. The van der Waals surface area contributed by atoms with Crippen molar-refractivity contribution in [3.8, 4) is 0 Å². The maximum Gasteiger partial charge on any atom is 0.506 e. The van der Waals surface area contributed by atoms with Crippen molar-refractivity contribution in [2.24, 2.45) is 10.8 Å². The van der Waals surface area contributed by atoms with Gasteiger partial charge in [-0.05, 0) is 10.8 Å². The Hall–Kier alpha value is 0.0969. The molecule has 0 saturated carbocycles. The van der Waals surface area contributed by atoms with Gasteiger partial charge in [0.25, 0.3) is 0 Å². The van der Waals surface area contributed by atoms with Crippen molar-refractivity contribution in [1.82, 2.24) is 0 Å². The van der Waals surface area contributed by atoms with E-state index in [9.17, 15) is 0 Å². The Bertz CT molecular complexity index is 238. The maximum absolute atomic E-state index is 5.68. The standard InChI is InChI=1S/C13H30O3Si/c1-11(2,3)12(4,5)13(6,7)17(14-8,15-9)16-10/h1-10H3. The first-order valence-corrected chi connectivity index (χ1v) is 7.81. The molecular weight excluding hydrogens is 232 g/mol. The molecule has 0 fully saturated rings. The molecule has 0 aliphatic rings. The van der Waals surface area contributed by atoms with Crippen LogP contribution >= 0.6 is 0 Å². The molecule has 4 heteroatoms. The Balaban J connectivity index is 5.67. The first-order chi connectivity index (χ1) is 7.43. The number of hydrogen-bond acceptors (Lipinski definition) is 3. The molecule has 0 aliphatic carbocycles. The minimum Gasteiger partial charge on any atom is -0.377 e. The van der Waals surface area contributed by atoms with E-state index in [1.54, 1.807) is 21.3 Å². The molecular formula is C13H30O3Si. The van der Waals surface area contributed by atoms with Gasteiger partial charge in [-0.15, -0.1) is 0 Å². The van der Waals surface area contributed by atoms with E-state index in [0.29, 0.717) is 0 Å². The number of rotatable bonds is 5. The molecule has 0 amide bonds. The Morgan fingerprint density at radius 3 is 1.12 bits per heavy atom. The molecule has 0 radical (unpaired) electrons. The zero-order valence-electron chi connectivity index (χ0n) is 13.2. The molecule has 0 bridgehead atoms. The van der Waals surface area contributed by atoms with Gasteiger partial charge < -0.3 is 13.3 Å². The van der Waals surface area contributed by atoms with Gasteiger partial charge in [0, 0.05) is 26.4 Å². The van der Waals surface area contributed by atoms with Crippen LogP contribution < -0.4 is 0 Å². The zero-order valence-corrected chi connectivity index (χ0v) is 14.2. The first kappa shape index (κ1) is 17.1. The van der Waals surface area contributed by atoms with Gasteiger partial charge in [-0.1, -0.05) is 48.5 Å². The van der Waals surface area contributed by atoms with Crippen LogP contribution in [0.3, 0.4) is 0 Å². The third-order valence-electron chi connectivity index (χ3n) is 5.01. The van der Waals surface area contributed by atoms with Gasteiger partial charge in [0.05, 0.1) is 0 Å². The predicted octanol–water partition coefficient (Wildman–Crippen LogP) is 3.72. The molecule has 0 saturated heterocycles. The Kier molecular flexibility index (Phi) is 5.03. The lowest BCUT2D eigenvalue weighted by Gasteiger charge is -2.54. The van der Waals surface area contributed by atoms with Crippen LogP contribution in [0.2, 0.25) is 5.04 Å². The molecule has 0 aromatic heterocycles. The third-order valence-corrected chi connectivity index (χ3v) is 8.78. The summed E-state index contributed by atoms with van der Waals surface area (Å²) in [7, 11) is 2.35. The van der Waals surface area contributed by atoms with E-state index in [0.717, 1.165) is 0 Å². The van der Waals surface area contributed by atoms with Crippen LogP contribution in [-0.2, 0) is 13.3 Å². The second kappa shape index (κ2) is 5.00. The lowest BCUT2D eigenvalue weighted by Crippen LogP contribution is -2.60. The van der Waals surface area contributed by atoms with E-state index in [2.05, 4.69) is 48.5 Å². The second-order valence-electron chi connectivity index (χ2n) is 6.67. The lowest BCUT2D eigenvalue weighted by molar-refractivity contribution is 0.00823. The fraction of sp³-hybridized carbons (Fsp3) is 1.00. The van der Waals surface area contributed by atoms with E-state index < -0.39 is 8.80 Å². The van der Waals surface area contributed by atoms with E-state index in [1.165, 1.54) is 0 Å². The van der Waals surface area contributed by atoms with E-state index in [1.807, 2.05) is 0 Å². The molecule has 0 N–H and O–H groups in total. The molecule has 0 heterocycles. The summed E-state index contributed by atoms with van der Waals surface area (Å²) in [6, 6.07) is 0. The zero-order chi connectivity index (χ0) is 14.1. The third kappa shape index (κ3) is 2.45. The van der Waals surface area contributed by atoms with Crippen molar-refractivity contribution >= 4 is 8.80 Å². The highest BCUT2D eigenvalue weighted by Crippen LogP contribution is 2.60. The fourth-order valence-electron chi connectivity index (χ4n) is 2.34. The van der Waals surface area contributed by atoms with Crippen LogP contribution in [0.5, 0.6) is 0 Å². The predicted molar refractivity (Wildman–Crippen MR) is 74.1 cm³/mol. The normalized spacial score (nSPS) is 15.2. The van der Waals surface area contributed by atoms with Crippen molar-refractivity contribution in [3.63, 3.8) is 0 Å². The quantitative estimate of drug-likeness (QED) is 0.707. The molecule has 0 aromatic rings. The molecule has 104 valence electrons. The summed E-state index contributed by atoms with van der Waals surface area (Å²) >= 11 is 0. The van der Waals surface area contributed by atoms with Crippen LogP contribution in [0.15, 0.2) is 0 Å². The molecule has 0 atom stereocenters. The molecule has 0 spiro atoms. The summed E-state index contributed by atoms with van der Waals surface area (Å²) in [6.45, 7) is 15.6. The van der Waals surface area contributed by atoms with Gasteiger partial charge in [-0.25, -0.2) is 0 Å². The molecule has 0 rings (SSSR count). The molecule has 0 unspecified atom stereocenters. The molecule has 0 aliphatic heterocycles. The summed E-state index contributed by atoms with van der Waals surface area (Å²) in [6.07, 6.45) is 0. The molecule has 17 heavy (non-hydrogen) atoms. The average Bonchev–Trinajstić information content (AvgIpc) is 2.19. The van der Waals surface area contributed by atoms with Crippen LogP contribution in [0, 0.1) is 10.8 Å². The highest BCUT2D eigenvalue weighted by molar-refractivity contribution is 6.64. The van der Waals surface area contributed by atoms with E-state index in [-0.39, 0.29) is 15.9 Å². The number of hydrogen-bond donors (Lipinski definition) is 0. The van der Waals surface area contributed by atoms with Crippen molar-refractivity contribution in [1.29, 1.82) is 0 Å². The lowest BCUT2D eigenvalue weighted by atomic mass is 9.62. The highest BCUT2D eigenvalue weighted by Gasteiger charge is 2.63. The highest BCUT2D eigenvalue weighted by atomic mass is 28.4. The van der Waals surface area contributed by atoms with Crippen LogP contribution in [0.25, 0.3) is 0 Å². The minimum absolute atomic E-state index is 0.00819. The second-order valence-corrected chi connectivity index (χ2v) is 10.3. The van der Waals surface area contributed by atoms with Crippen LogP contribution in [0.1, 0.15) is 48.5 Å². The summed E-state index contributed by atoms with van der Waals surface area (Å²) in [5.41, 5.74) is 0.137. The molecule has 3 nitrogen and oxygen atoms in total. The van der Waals surface area contributed by atoms with E-state index >= 15 is 0 Å². The Morgan fingerprint density at radius 2 is 0.941 bits per heavy atom. The Morgan fingerprint density at radius 1 is 0.647 bits per heavy atom. The monoisotopic (exact) mass is 262 g/mol. The maximum atomic E-state index is 5.68. The van der Waals surface area contributed by atoms with Crippen molar-refractivity contribution in [2.75, 3.05) is 21.3 Å². The summed E-state index contributed by atoms with van der Waals surface area (Å²) < 4.78 is 17.0. The van der Waals surface area contributed by atoms with Crippen LogP contribution in [0.4, 0.5) is 0 Å². The Labute approximate surface area is 108 Å². The van der Waals surface area contributed by atoms with Crippen molar-refractivity contribution in [2.45, 2.75) is 53.5 Å². The topological polar surface area (TPSA) is 27.7 Å². The van der Waals surface area contributed by atoms with Gasteiger partial charge in [0.15, 0.2) is 0 Å². The van der Waals surface area contributed by atoms with Crippen LogP contribution in [-0.4, -0.2) is 30.1 Å².